The van der Waals surface area contributed by atoms with E-state index < -0.39 is 14.6 Å². The predicted octanol–water partition coefficient (Wildman–Crippen LogP) is 2.19. The molecule has 0 atom stereocenters. The molecule has 0 saturated carbocycles. The van der Waals surface area contributed by atoms with Gasteiger partial charge in [-0.05, 0) is 27.7 Å². The molecule has 0 aliphatic carbocycles. The molecule has 0 bridgehead atoms. The Balaban J connectivity index is 2.57. The van der Waals surface area contributed by atoms with Crippen LogP contribution in [0, 0.1) is 0 Å². The van der Waals surface area contributed by atoms with Crippen molar-refractivity contribution in [2.24, 2.45) is 0 Å². The summed E-state index contributed by atoms with van der Waals surface area (Å²) in [5.41, 5.74) is 0. The first-order valence-corrected chi connectivity index (χ1v) is 8.72. The molecule has 18 heavy (non-hydrogen) atoms. The molecule has 0 aromatic heterocycles. The van der Waals surface area contributed by atoms with Crippen LogP contribution in [0.4, 0.5) is 0 Å². The van der Waals surface area contributed by atoms with Crippen molar-refractivity contribution in [2.75, 3.05) is 33.0 Å². The summed E-state index contributed by atoms with van der Waals surface area (Å²) in [6.45, 7) is 11.0. The van der Waals surface area contributed by atoms with Crippen LogP contribution in [0.5, 0.6) is 0 Å². The Kier molecular flexibility index (Phi) is 6.76. The van der Waals surface area contributed by atoms with Gasteiger partial charge in [-0.15, -0.1) is 0 Å². The molecule has 0 radical (unpaired) electrons. The van der Waals surface area contributed by atoms with Gasteiger partial charge in [0, 0.05) is 32.3 Å². The van der Waals surface area contributed by atoms with Crippen LogP contribution in [0.1, 0.15) is 34.1 Å². The molecule has 6 heteroatoms. The SMILES string of the molecule is CCO[Si](CCC1(C)OCCO1)(OCC)OCC. The van der Waals surface area contributed by atoms with Gasteiger partial charge in [0.1, 0.15) is 0 Å². The van der Waals surface area contributed by atoms with Crippen molar-refractivity contribution >= 4 is 8.80 Å². The third kappa shape index (κ3) is 4.60. The highest BCUT2D eigenvalue weighted by Gasteiger charge is 2.44. The second-order valence-electron chi connectivity index (χ2n) is 4.31. The van der Waals surface area contributed by atoms with E-state index in [2.05, 4.69) is 0 Å². The van der Waals surface area contributed by atoms with E-state index in [4.69, 9.17) is 22.8 Å². The molecular weight excluding hydrogens is 252 g/mol. The first-order chi connectivity index (χ1) is 8.60. The van der Waals surface area contributed by atoms with Crippen molar-refractivity contribution in [1.29, 1.82) is 0 Å². The molecule has 1 fully saturated rings. The van der Waals surface area contributed by atoms with Crippen molar-refractivity contribution in [3.05, 3.63) is 0 Å². The summed E-state index contributed by atoms with van der Waals surface area (Å²) in [5.74, 6) is -0.510. The fourth-order valence-electron chi connectivity index (χ4n) is 2.08. The van der Waals surface area contributed by atoms with E-state index in [0.29, 0.717) is 33.0 Å². The zero-order valence-electron chi connectivity index (χ0n) is 12.0. The van der Waals surface area contributed by atoms with E-state index in [-0.39, 0.29) is 0 Å². The maximum absolute atomic E-state index is 5.80. The van der Waals surface area contributed by atoms with E-state index in [1.807, 2.05) is 27.7 Å². The molecule has 1 saturated heterocycles. The standard InChI is InChI=1S/C12H26O5Si/c1-5-15-18(16-6-2,17-7-3)11-8-12(4)13-9-10-14-12/h5-11H2,1-4H3. The summed E-state index contributed by atoms with van der Waals surface area (Å²) in [5, 5.41) is 0. The summed E-state index contributed by atoms with van der Waals surface area (Å²) in [4.78, 5) is 0. The van der Waals surface area contributed by atoms with Gasteiger partial charge in [-0.1, -0.05) is 0 Å². The maximum atomic E-state index is 5.80. The van der Waals surface area contributed by atoms with E-state index in [9.17, 15) is 0 Å². The van der Waals surface area contributed by atoms with Gasteiger partial charge >= 0.3 is 8.80 Å². The normalized spacial score (nSPS) is 19.3. The number of rotatable bonds is 9. The third-order valence-corrected chi connectivity index (χ3v) is 5.92. The monoisotopic (exact) mass is 278 g/mol. The molecule has 108 valence electrons. The summed E-state index contributed by atoms with van der Waals surface area (Å²) in [7, 11) is -2.57. The van der Waals surface area contributed by atoms with Gasteiger partial charge in [0.15, 0.2) is 5.79 Å². The van der Waals surface area contributed by atoms with E-state index in [1.54, 1.807) is 0 Å². The highest BCUT2D eigenvalue weighted by Crippen LogP contribution is 2.29. The van der Waals surface area contributed by atoms with Gasteiger partial charge in [0.2, 0.25) is 0 Å². The molecule has 1 heterocycles. The maximum Gasteiger partial charge on any atom is 0.501 e. The summed E-state index contributed by atoms with van der Waals surface area (Å²) >= 11 is 0. The quantitative estimate of drug-likeness (QED) is 0.605. The van der Waals surface area contributed by atoms with Crippen LogP contribution in [0.2, 0.25) is 6.04 Å². The first-order valence-electron chi connectivity index (χ1n) is 6.79. The largest absolute Gasteiger partial charge is 0.501 e. The molecule has 5 nitrogen and oxygen atoms in total. The molecule has 0 aromatic rings. The highest BCUT2D eigenvalue weighted by molar-refractivity contribution is 6.60. The van der Waals surface area contributed by atoms with Crippen molar-refractivity contribution in [2.45, 2.75) is 45.9 Å². The Morgan fingerprint density at radius 3 is 1.78 bits per heavy atom. The lowest BCUT2D eigenvalue weighted by Crippen LogP contribution is -2.47. The van der Waals surface area contributed by atoms with Crippen LogP contribution >= 0.6 is 0 Å². The van der Waals surface area contributed by atoms with Gasteiger partial charge in [-0.2, -0.15) is 0 Å². The fraction of sp³-hybridized carbons (Fsp3) is 1.00. The van der Waals surface area contributed by atoms with Crippen molar-refractivity contribution in [3.8, 4) is 0 Å². The van der Waals surface area contributed by atoms with Gasteiger partial charge in [-0.25, -0.2) is 0 Å². The highest BCUT2D eigenvalue weighted by atomic mass is 28.4. The van der Waals surface area contributed by atoms with Gasteiger partial charge in [0.05, 0.1) is 13.2 Å². The van der Waals surface area contributed by atoms with Crippen LogP contribution in [0.25, 0.3) is 0 Å². The average Bonchev–Trinajstić information content (AvgIpc) is 2.76. The minimum absolute atomic E-state index is 0.510. The smallest absolute Gasteiger partial charge is 0.374 e. The fourth-order valence-corrected chi connectivity index (χ4v) is 4.85. The van der Waals surface area contributed by atoms with E-state index >= 15 is 0 Å². The molecule has 1 aliphatic rings. The molecule has 0 amide bonds. The zero-order chi connectivity index (χ0) is 13.5. The third-order valence-electron chi connectivity index (χ3n) is 2.88. The molecule has 1 rings (SSSR count). The number of ether oxygens (including phenoxy) is 2. The first kappa shape index (κ1) is 16.1. The summed E-state index contributed by atoms with van der Waals surface area (Å²) in [6, 6.07) is 0.721. The average molecular weight is 278 g/mol. The number of hydrogen-bond donors (Lipinski definition) is 0. The second-order valence-corrected chi connectivity index (χ2v) is 7.04. The predicted molar refractivity (Wildman–Crippen MR) is 70.4 cm³/mol. The molecule has 0 spiro atoms. The van der Waals surface area contributed by atoms with Crippen LogP contribution in [0.3, 0.4) is 0 Å². The summed E-state index contributed by atoms with van der Waals surface area (Å²) < 4.78 is 28.6. The molecule has 1 aliphatic heterocycles. The van der Waals surface area contributed by atoms with Gasteiger partial charge in [-0.3, -0.25) is 0 Å². The lowest BCUT2D eigenvalue weighted by atomic mass is 10.2. The Hall–Kier alpha value is 0.0169. The van der Waals surface area contributed by atoms with Crippen LogP contribution in [0.15, 0.2) is 0 Å². The minimum atomic E-state index is -2.57. The Morgan fingerprint density at radius 1 is 0.944 bits per heavy atom. The molecule has 0 aromatic carbocycles. The van der Waals surface area contributed by atoms with E-state index in [0.717, 1.165) is 12.5 Å². The molecule has 0 unspecified atom stereocenters. The van der Waals surface area contributed by atoms with Crippen LogP contribution in [-0.2, 0) is 22.8 Å². The topological polar surface area (TPSA) is 46.2 Å². The molecule has 0 N–H and O–H groups in total. The number of hydrogen-bond acceptors (Lipinski definition) is 5. The Labute approximate surface area is 111 Å². The zero-order valence-corrected chi connectivity index (χ0v) is 13.0. The Bertz CT molecular complexity index is 213. The van der Waals surface area contributed by atoms with Crippen molar-refractivity contribution in [3.63, 3.8) is 0 Å². The molecular formula is C12H26O5Si. The van der Waals surface area contributed by atoms with Gasteiger partial charge in [0.25, 0.3) is 0 Å². The summed E-state index contributed by atoms with van der Waals surface area (Å²) in [6.07, 6.45) is 0.735. The van der Waals surface area contributed by atoms with E-state index in [1.165, 1.54) is 0 Å². The minimum Gasteiger partial charge on any atom is -0.374 e. The van der Waals surface area contributed by atoms with Gasteiger partial charge < -0.3 is 22.8 Å². The lowest BCUT2D eigenvalue weighted by Gasteiger charge is -2.31. The Morgan fingerprint density at radius 2 is 1.39 bits per heavy atom. The van der Waals surface area contributed by atoms with Crippen LogP contribution in [-0.4, -0.2) is 47.6 Å². The van der Waals surface area contributed by atoms with Crippen LogP contribution < -0.4 is 0 Å². The van der Waals surface area contributed by atoms with Crippen molar-refractivity contribution < 1.29 is 22.8 Å². The lowest BCUT2D eigenvalue weighted by molar-refractivity contribution is -0.145. The second kappa shape index (κ2) is 7.57. The van der Waals surface area contributed by atoms with Crippen molar-refractivity contribution in [1.82, 2.24) is 0 Å².